The molecule has 2 amide bonds. The fourth-order valence-electron chi connectivity index (χ4n) is 2.65. The van der Waals surface area contributed by atoms with Crippen molar-refractivity contribution in [3.05, 3.63) is 54.3 Å². The Morgan fingerprint density at radius 3 is 2.96 bits per heavy atom. The molecule has 0 spiro atoms. The summed E-state index contributed by atoms with van der Waals surface area (Å²) in [5.41, 5.74) is 2.36. The summed E-state index contributed by atoms with van der Waals surface area (Å²) in [6.07, 6.45) is 0. The monoisotopic (exact) mass is 365 g/mol. The number of ether oxygens (including phenoxy) is 2. The lowest BCUT2D eigenvalue weighted by molar-refractivity contribution is -0.118. The summed E-state index contributed by atoms with van der Waals surface area (Å²) >= 11 is 0. The summed E-state index contributed by atoms with van der Waals surface area (Å²) in [6.45, 7) is -0.0591. The van der Waals surface area contributed by atoms with Crippen molar-refractivity contribution in [1.82, 2.24) is 5.16 Å². The molecule has 4 rings (SSSR count). The molecule has 2 aromatic carbocycles. The molecule has 136 valence electrons. The van der Waals surface area contributed by atoms with Gasteiger partial charge in [0.15, 0.2) is 6.61 Å². The van der Waals surface area contributed by atoms with Crippen molar-refractivity contribution in [3.63, 3.8) is 0 Å². The lowest BCUT2D eigenvalue weighted by atomic mass is 10.1. The van der Waals surface area contributed by atoms with E-state index < -0.39 is 5.91 Å². The van der Waals surface area contributed by atoms with Crippen LogP contribution in [0.3, 0.4) is 0 Å². The predicted molar refractivity (Wildman–Crippen MR) is 97.0 cm³/mol. The summed E-state index contributed by atoms with van der Waals surface area (Å²) in [4.78, 5) is 23.7. The van der Waals surface area contributed by atoms with E-state index in [-0.39, 0.29) is 18.3 Å². The van der Waals surface area contributed by atoms with Gasteiger partial charge in [-0.2, -0.15) is 0 Å². The quantitative estimate of drug-likeness (QED) is 0.737. The minimum Gasteiger partial charge on any atom is -0.497 e. The van der Waals surface area contributed by atoms with Gasteiger partial charge < -0.3 is 24.6 Å². The molecule has 3 aromatic rings. The number of aromatic nitrogens is 1. The van der Waals surface area contributed by atoms with E-state index in [1.165, 1.54) is 0 Å². The first-order valence-electron chi connectivity index (χ1n) is 8.11. The number of methoxy groups -OCH3 is 1. The number of benzene rings is 2. The van der Waals surface area contributed by atoms with Gasteiger partial charge in [0.2, 0.25) is 5.76 Å². The van der Waals surface area contributed by atoms with E-state index in [9.17, 15) is 9.59 Å². The first kappa shape index (κ1) is 16.6. The molecule has 0 bridgehead atoms. The topological polar surface area (TPSA) is 103 Å². The van der Waals surface area contributed by atoms with Crippen molar-refractivity contribution in [2.45, 2.75) is 0 Å². The molecule has 2 heterocycles. The van der Waals surface area contributed by atoms with Crippen LogP contribution in [0.15, 0.2) is 53.1 Å². The maximum atomic E-state index is 12.4. The number of fused-ring (bicyclic) bond motifs is 1. The molecule has 0 radical (unpaired) electrons. The Balaban J connectivity index is 1.51. The van der Waals surface area contributed by atoms with Crippen molar-refractivity contribution in [2.24, 2.45) is 0 Å². The van der Waals surface area contributed by atoms with Gasteiger partial charge in [-0.3, -0.25) is 9.59 Å². The molecule has 8 heteroatoms. The first-order chi connectivity index (χ1) is 13.1. The zero-order chi connectivity index (χ0) is 18.8. The van der Waals surface area contributed by atoms with E-state index in [2.05, 4.69) is 15.8 Å². The van der Waals surface area contributed by atoms with Crippen molar-refractivity contribution in [3.8, 4) is 22.8 Å². The normalized spacial score (nSPS) is 12.6. The Bertz CT molecular complexity index is 1030. The summed E-state index contributed by atoms with van der Waals surface area (Å²) in [5, 5.41) is 9.34. The highest BCUT2D eigenvalue weighted by Gasteiger charge is 2.18. The molecule has 0 saturated heterocycles. The van der Waals surface area contributed by atoms with Gasteiger partial charge in [0.25, 0.3) is 11.8 Å². The second kappa shape index (κ2) is 6.83. The molecule has 0 fully saturated rings. The van der Waals surface area contributed by atoms with Crippen LogP contribution in [0, 0.1) is 0 Å². The average molecular weight is 365 g/mol. The minimum atomic E-state index is -0.448. The van der Waals surface area contributed by atoms with Crippen LogP contribution in [-0.2, 0) is 4.79 Å². The lowest BCUT2D eigenvalue weighted by Gasteiger charge is -2.18. The second-order valence-electron chi connectivity index (χ2n) is 5.81. The van der Waals surface area contributed by atoms with E-state index in [1.807, 2.05) is 18.2 Å². The molecule has 1 aromatic heterocycles. The second-order valence-corrected chi connectivity index (χ2v) is 5.81. The van der Waals surface area contributed by atoms with Gasteiger partial charge in [0, 0.05) is 23.4 Å². The minimum absolute atomic E-state index is 0.0591. The number of nitrogens with zero attached hydrogens (tertiary/aromatic N) is 1. The Morgan fingerprint density at radius 2 is 2.11 bits per heavy atom. The van der Waals surface area contributed by atoms with Crippen LogP contribution < -0.4 is 20.1 Å². The Morgan fingerprint density at radius 1 is 1.22 bits per heavy atom. The van der Waals surface area contributed by atoms with Gasteiger partial charge in [-0.15, -0.1) is 0 Å². The number of amides is 2. The van der Waals surface area contributed by atoms with Gasteiger partial charge in [-0.25, -0.2) is 0 Å². The van der Waals surface area contributed by atoms with Gasteiger partial charge in [-0.05, 0) is 24.3 Å². The summed E-state index contributed by atoms with van der Waals surface area (Å²) in [6, 6.07) is 13.8. The highest BCUT2D eigenvalue weighted by atomic mass is 16.5. The number of anilines is 2. The van der Waals surface area contributed by atoms with E-state index in [1.54, 1.807) is 37.4 Å². The van der Waals surface area contributed by atoms with Gasteiger partial charge in [0.1, 0.15) is 17.2 Å². The fourth-order valence-corrected chi connectivity index (χ4v) is 2.65. The lowest BCUT2D eigenvalue weighted by Crippen LogP contribution is -2.25. The Kier molecular flexibility index (Phi) is 4.21. The first-order valence-corrected chi connectivity index (χ1v) is 8.11. The SMILES string of the molecule is COc1cccc(-c2cc(C(=O)Nc3ccc4c(c3)OCC(=O)N4)on2)c1. The Labute approximate surface area is 154 Å². The number of rotatable bonds is 4. The van der Waals surface area contributed by atoms with Crippen LogP contribution in [0.2, 0.25) is 0 Å². The highest BCUT2D eigenvalue weighted by molar-refractivity contribution is 6.03. The number of carbonyl (C=O) groups excluding carboxylic acids is 2. The zero-order valence-corrected chi connectivity index (χ0v) is 14.3. The molecule has 0 saturated carbocycles. The summed E-state index contributed by atoms with van der Waals surface area (Å²) in [7, 11) is 1.58. The van der Waals surface area contributed by atoms with Crippen LogP contribution in [0.5, 0.6) is 11.5 Å². The van der Waals surface area contributed by atoms with Crippen molar-refractivity contribution in [1.29, 1.82) is 0 Å². The maximum Gasteiger partial charge on any atom is 0.294 e. The third-order valence-corrected chi connectivity index (χ3v) is 3.97. The maximum absolute atomic E-state index is 12.4. The van der Waals surface area contributed by atoms with E-state index >= 15 is 0 Å². The van der Waals surface area contributed by atoms with Gasteiger partial charge in [-0.1, -0.05) is 17.3 Å². The standard InChI is InChI=1S/C19H15N3O5/c1-25-13-4-2-3-11(7-13)15-9-17(27-22-15)19(24)20-12-5-6-14-16(8-12)26-10-18(23)21-14/h2-9H,10H2,1H3,(H,20,24)(H,21,23). The molecule has 2 N–H and O–H groups in total. The summed E-state index contributed by atoms with van der Waals surface area (Å²) in [5.74, 6) is 0.576. The van der Waals surface area contributed by atoms with Crippen molar-refractivity contribution < 1.29 is 23.6 Å². The van der Waals surface area contributed by atoms with E-state index in [0.717, 1.165) is 5.56 Å². The molecule has 27 heavy (non-hydrogen) atoms. The largest absolute Gasteiger partial charge is 0.497 e. The van der Waals surface area contributed by atoms with Crippen LogP contribution in [-0.4, -0.2) is 30.7 Å². The highest BCUT2D eigenvalue weighted by Crippen LogP contribution is 2.31. The molecule has 1 aliphatic heterocycles. The fraction of sp³-hybridized carbons (Fsp3) is 0.105. The third kappa shape index (κ3) is 3.45. The van der Waals surface area contributed by atoms with Crippen molar-refractivity contribution in [2.75, 3.05) is 24.4 Å². The van der Waals surface area contributed by atoms with Crippen LogP contribution in [0.4, 0.5) is 11.4 Å². The van der Waals surface area contributed by atoms with Crippen LogP contribution in [0.25, 0.3) is 11.3 Å². The number of nitrogens with one attached hydrogen (secondary N) is 2. The Hall–Kier alpha value is -3.81. The number of hydrogen-bond donors (Lipinski definition) is 2. The summed E-state index contributed by atoms with van der Waals surface area (Å²) < 4.78 is 15.7. The van der Waals surface area contributed by atoms with Crippen molar-refractivity contribution >= 4 is 23.2 Å². The smallest absolute Gasteiger partial charge is 0.294 e. The molecule has 0 aliphatic carbocycles. The molecule has 0 unspecified atom stereocenters. The molecule has 8 nitrogen and oxygen atoms in total. The predicted octanol–water partition coefficient (Wildman–Crippen LogP) is 2.93. The molecular formula is C19H15N3O5. The zero-order valence-electron chi connectivity index (χ0n) is 14.3. The number of carbonyl (C=O) groups is 2. The van der Waals surface area contributed by atoms with E-state index in [0.29, 0.717) is 28.6 Å². The van der Waals surface area contributed by atoms with Gasteiger partial charge >= 0.3 is 0 Å². The average Bonchev–Trinajstić information content (AvgIpc) is 3.18. The van der Waals surface area contributed by atoms with Gasteiger partial charge in [0.05, 0.1) is 12.8 Å². The number of hydrogen-bond acceptors (Lipinski definition) is 6. The molecule has 0 atom stereocenters. The molecular weight excluding hydrogens is 350 g/mol. The van der Waals surface area contributed by atoms with Crippen LogP contribution >= 0.6 is 0 Å². The van der Waals surface area contributed by atoms with E-state index in [4.69, 9.17) is 14.0 Å². The van der Waals surface area contributed by atoms with Crippen LogP contribution in [0.1, 0.15) is 10.6 Å². The third-order valence-electron chi connectivity index (χ3n) is 3.97. The molecule has 1 aliphatic rings.